The van der Waals surface area contributed by atoms with Crippen LogP contribution in [0.2, 0.25) is 0 Å². The summed E-state index contributed by atoms with van der Waals surface area (Å²) in [4.78, 5) is 18.3. The van der Waals surface area contributed by atoms with Gasteiger partial charge < -0.3 is 15.2 Å². The van der Waals surface area contributed by atoms with Crippen LogP contribution in [0.3, 0.4) is 0 Å². The van der Waals surface area contributed by atoms with Crippen LogP contribution in [0.1, 0.15) is 53.6 Å². The number of nitrogens with two attached hydrogens (primary N) is 1. The monoisotopic (exact) mass is 504 g/mol. The molecule has 1 atom stereocenters. The standard InChI is InChI=1S/C27H25BrN2O3/c1-2-32-27(31)23-21(16-12-14-18(28)15-13-16)22-24(29)19-10-6-7-11-20(19)30-26(22)33-25(23)17-8-4-3-5-9-17/h3-5,8-9,12-15,21H,2,6-7,10-11H2,1H3,(H2,29,30). The Balaban J connectivity index is 1.81. The lowest BCUT2D eigenvalue weighted by atomic mass is 9.79. The smallest absolute Gasteiger partial charge is 0.338 e. The first-order valence-electron chi connectivity index (χ1n) is 11.3. The van der Waals surface area contributed by atoms with Gasteiger partial charge in [0.05, 0.1) is 23.7 Å². The molecule has 1 aliphatic carbocycles. The second-order valence-corrected chi connectivity index (χ2v) is 9.21. The fraction of sp³-hybridized carbons (Fsp3) is 0.259. The first-order chi connectivity index (χ1) is 16.1. The highest BCUT2D eigenvalue weighted by Gasteiger charge is 2.40. The molecule has 0 saturated carbocycles. The number of aryl methyl sites for hydroxylation is 1. The maximum absolute atomic E-state index is 13.4. The minimum Gasteiger partial charge on any atom is -0.463 e. The van der Waals surface area contributed by atoms with Crippen LogP contribution in [0.25, 0.3) is 5.76 Å². The Kier molecular flexibility index (Phi) is 5.94. The van der Waals surface area contributed by atoms with E-state index in [1.54, 1.807) is 6.92 Å². The van der Waals surface area contributed by atoms with Gasteiger partial charge in [-0.05, 0) is 55.9 Å². The summed E-state index contributed by atoms with van der Waals surface area (Å²) >= 11 is 3.52. The average Bonchev–Trinajstić information content (AvgIpc) is 2.84. The predicted molar refractivity (Wildman–Crippen MR) is 132 cm³/mol. The van der Waals surface area contributed by atoms with Crippen LogP contribution in [-0.4, -0.2) is 17.6 Å². The van der Waals surface area contributed by atoms with Crippen molar-refractivity contribution in [2.45, 2.75) is 38.5 Å². The molecule has 2 aromatic carbocycles. The van der Waals surface area contributed by atoms with Gasteiger partial charge in [0.2, 0.25) is 5.88 Å². The van der Waals surface area contributed by atoms with Gasteiger partial charge in [-0.3, -0.25) is 0 Å². The SMILES string of the molecule is CCOC(=O)C1=C(c2ccccc2)Oc2nc3c(c(N)c2C1c1ccc(Br)cc1)CCCC3. The molecule has 0 fully saturated rings. The number of ether oxygens (including phenoxy) is 2. The van der Waals surface area contributed by atoms with E-state index >= 15 is 0 Å². The number of rotatable bonds is 4. The van der Waals surface area contributed by atoms with E-state index in [0.717, 1.165) is 58.1 Å². The largest absolute Gasteiger partial charge is 0.463 e. The number of hydrogen-bond donors (Lipinski definition) is 1. The molecular formula is C27H25BrN2O3. The molecule has 0 spiro atoms. The third-order valence-electron chi connectivity index (χ3n) is 6.28. The third kappa shape index (κ3) is 3.93. The number of nitrogen functional groups attached to an aromatic ring is 1. The van der Waals surface area contributed by atoms with Gasteiger partial charge in [-0.25, -0.2) is 9.78 Å². The van der Waals surface area contributed by atoms with Crippen molar-refractivity contribution >= 4 is 33.3 Å². The minimum atomic E-state index is -0.448. The van der Waals surface area contributed by atoms with Crippen molar-refractivity contribution in [3.8, 4) is 5.88 Å². The molecule has 3 aromatic rings. The Labute approximate surface area is 201 Å². The molecule has 2 N–H and O–H groups in total. The normalized spacial score (nSPS) is 17.1. The number of aromatic nitrogens is 1. The molecular weight excluding hydrogens is 480 g/mol. The molecule has 0 radical (unpaired) electrons. The zero-order chi connectivity index (χ0) is 22.9. The van der Waals surface area contributed by atoms with E-state index in [2.05, 4.69) is 15.9 Å². The molecule has 5 rings (SSSR count). The van der Waals surface area contributed by atoms with Gasteiger partial charge in [0.1, 0.15) is 5.76 Å². The first-order valence-corrected chi connectivity index (χ1v) is 12.1. The van der Waals surface area contributed by atoms with Crippen molar-refractivity contribution in [1.82, 2.24) is 4.98 Å². The molecule has 0 bridgehead atoms. The molecule has 0 saturated heterocycles. The molecule has 1 aromatic heterocycles. The molecule has 1 aliphatic heterocycles. The van der Waals surface area contributed by atoms with Crippen LogP contribution in [-0.2, 0) is 22.4 Å². The van der Waals surface area contributed by atoms with Crippen molar-refractivity contribution in [1.29, 1.82) is 0 Å². The average molecular weight is 505 g/mol. The number of halogens is 1. The molecule has 33 heavy (non-hydrogen) atoms. The molecule has 168 valence electrons. The summed E-state index contributed by atoms with van der Waals surface area (Å²) in [5.41, 5.74) is 12.5. The Morgan fingerprint density at radius 3 is 2.58 bits per heavy atom. The quantitative estimate of drug-likeness (QED) is 0.454. The summed E-state index contributed by atoms with van der Waals surface area (Å²) in [6, 6.07) is 17.6. The number of hydrogen-bond acceptors (Lipinski definition) is 5. The zero-order valence-corrected chi connectivity index (χ0v) is 20.0. The van der Waals surface area contributed by atoms with E-state index in [4.69, 9.17) is 20.2 Å². The maximum atomic E-state index is 13.4. The topological polar surface area (TPSA) is 74.4 Å². The van der Waals surface area contributed by atoms with Crippen molar-refractivity contribution < 1.29 is 14.3 Å². The highest BCUT2D eigenvalue weighted by atomic mass is 79.9. The van der Waals surface area contributed by atoms with Crippen LogP contribution >= 0.6 is 15.9 Å². The van der Waals surface area contributed by atoms with Gasteiger partial charge in [-0.15, -0.1) is 0 Å². The Bertz CT molecular complexity index is 1240. The Morgan fingerprint density at radius 2 is 1.85 bits per heavy atom. The van der Waals surface area contributed by atoms with Gasteiger partial charge in [0.25, 0.3) is 0 Å². The number of carbonyl (C=O) groups is 1. The van der Waals surface area contributed by atoms with Crippen LogP contribution in [0, 0.1) is 0 Å². The van der Waals surface area contributed by atoms with Crippen molar-refractivity contribution in [3.63, 3.8) is 0 Å². The van der Waals surface area contributed by atoms with E-state index < -0.39 is 11.9 Å². The lowest BCUT2D eigenvalue weighted by molar-refractivity contribution is -0.138. The van der Waals surface area contributed by atoms with Gasteiger partial charge in [-0.2, -0.15) is 0 Å². The van der Waals surface area contributed by atoms with Gasteiger partial charge in [0, 0.05) is 21.4 Å². The number of nitrogens with zero attached hydrogens (tertiary/aromatic N) is 1. The zero-order valence-electron chi connectivity index (χ0n) is 18.4. The van der Waals surface area contributed by atoms with E-state index in [9.17, 15) is 4.79 Å². The number of carbonyl (C=O) groups excluding carboxylic acids is 1. The number of anilines is 1. The third-order valence-corrected chi connectivity index (χ3v) is 6.80. The number of pyridine rings is 1. The molecule has 6 heteroatoms. The number of fused-ring (bicyclic) bond motifs is 2. The fourth-order valence-electron chi connectivity index (χ4n) is 4.76. The predicted octanol–water partition coefficient (Wildman–Crippen LogP) is 5.80. The molecule has 5 nitrogen and oxygen atoms in total. The lowest BCUT2D eigenvalue weighted by Gasteiger charge is -2.32. The molecule has 2 aliphatic rings. The summed E-state index contributed by atoms with van der Waals surface area (Å²) in [5.74, 6) is 0.0907. The van der Waals surface area contributed by atoms with E-state index in [0.29, 0.717) is 22.9 Å². The van der Waals surface area contributed by atoms with Gasteiger partial charge in [-0.1, -0.05) is 58.4 Å². The van der Waals surface area contributed by atoms with E-state index in [-0.39, 0.29) is 6.61 Å². The van der Waals surface area contributed by atoms with Crippen molar-refractivity contribution in [2.24, 2.45) is 0 Å². The molecule has 2 heterocycles. The lowest BCUT2D eigenvalue weighted by Crippen LogP contribution is -2.26. The highest BCUT2D eigenvalue weighted by molar-refractivity contribution is 9.10. The highest BCUT2D eigenvalue weighted by Crippen LogP contribution is 2.49. The summed E-state index contributed by atoms with van der Waals surface area (Å²) in [6.07, 6.45) is 3.94. The maximum Gasteiger partial charge on any atom is 0.338 e. The van der Waals surface area contributed by atoms with E-state index in [1.165, 1.54) is 0 Å². The van der Waals surface area contributed by atoms with Crippen LogP contribution in [0.15, 0.2) is 64.6 Å². The first kappa shape index (κ1) is 21.7. The van der Waals surface area contributed by atoms with Crippen molar-refractivity contribution in [3.05, 3.63) is 92.6 Å². The van der Waals surface area contributed by atoms with Crippen LogP contribution in [0.4, 0.5) is 5.69 Å². The minimum absolute atomic E-state index is 0.266. The second kappa shape index (κ2) is 9.02. The summed E-state index contributed by atoms with van der Waals surface area (Å²) < 4.78 is 12.9. The van der Waals surface area contributed by atoms with Gasteiger partial charge in [0.15, 0.2) is 0 Å². The van der Waals surface area contributed by atoms with E-state index in [1.807, 2.05) is 54.6 Å². The van der Waals surface area contributed by atoms with Crippen molar-refractivity contribution in [2.75, 3.05) is 12.3 Å². The van der Waals surface area contributed by atoms with Gasteiger partial charge >= 0.3 is 5.97 Å². The Hall–Kier alpha value is -3.12. The second-order valence-electron chi connectivity index (χ2n) is 8.29. The number of esters is 1. The van der Waals surface area contributed by atoms with Crippen LogP contribution < -0.4 is 10.5 Å². The molecule has 1 unspecified atom stereocenters. The fourth-order valence-corrected chi connectivity index (χ4v) is 5.02. The number of benzene rings is 2. The summed E-state index contributed by atoms with van der Waals surface area (Å²) in [6.45, 7) is 2.07. The summed E-state index contributed by atoms with van der Waals surface area (Å²) in [7, 11) is 0. The Morgan fingerprint density at radius 1 is 1.12 bits per heavy atom. The molecule has 0 amide bonds. The summed E-state index contributed by atoms with van der Waals surface area (Å²) in [5, 5.41) is 0. The van der Waals surface area contributed by atoms with Crippen LogP contribution in [0.5, 0.6) is 5.88 Å².